The van der Waals surface area contributed by atoms with Gasteiger partial charge in [-0.3, -0.25) is 4.79 Å². The maximum atomic E-state index is 13.3. The van der Waals surface area contributed by atoms with Crippen LogP contribution in [0.3, 0.4) is 0 Å². The number of hydrogen-bond acceptors (Lipinski definition) is 2. The van der Waals surface area contributed by atoms with Gasteiger partial charge in [0.1, 0.15) is 5.69 Å². The molecule has 2 aromatic rings. The van der Waals surface area contributed by atoms with Gasteiger partial charge in [0.15, 0.2) is 5.82 Å². The zero-order valence-electron chi connectivity index (χ0n) is 8.77. The van der Waals surface area contributed by atoms with E-state index >= 15 is 0 Å². The summed E-state index contributed by atoms with van der Waals surface area (Å²) in [5.74, 6) is -0.980. The average molecular weight is 215 g/mol. The Bertz CT molecular complexity index is 520. The van der Waals surface area contributed by atoms with Crippen LogP contribution in [0.1, 0.15) is 21.6 Å². The van der Waals surface area contributed by atoms with Gasteiger partial charge in [0.2, 0.25) is 5.78 Å². The highest BCUT2D eigenvalue weighted by Gasteiger charge is 2.14. The van der Waals surface area contributed by atoms with Gasteiger partial charge >= 0.3 is 0 Å². The van der Waals surface area contributed by atoms with E-state index in [0.29, 0.717) is 5.56 Å². The fourth-order valence-corrected chi connectivity index (χ4v) is 1.39. The third-order valence-electron chi connectivity index (χ3n) is 2.29. The third kappa shape index (κ3) is 1.98. The zero-order valence-corrected chi connectivity index (χ0v) is 8.77. The molecule has 0 atom stereocenters. The summed E-state index contributed by atoms with van der Waals surface area (Å²) in [4.78, 5) is 15.6. The van der Waals surface area contributed by atoms with E-state index in [1.807, 2.05) is 19.1 Å². The van der Waals surface area contributed by atoms with Crippen LogP contribution in [-0.4, -0.2) is 10.8 Å². The predicted octanol–water partition coefficient (Wildman–Crippen LogP) is 2.76. The maximum absolute atomic E-state index is 13.3. The Hall–Kier alpha value is -2.03. The van der Waals surface area contributed by atoms with E-state index in [1.54, 1.807) is 12.1 Å². The van der Waals surface area contributed by atoms with Crippen LogP contribution >= 0.6 is 0 Å². The van der Waals surface area contributed by atoms with Crippen molar-refractivity contribution >= 4 is 5.78 Å². The van der Waals surface area contributed by atoms with Crippen LogP contribution in [0.2, 0.25) is 0 Å². The van der Waals surface area contributed by atoms with Crippen molar-refractivity contribution in [1.29, 1.82) is 0 Å². The minimum Gasteiger partial charge on any atom is -0.287 e. The Labute approximate surface area is 92.8 Å². The lowest BCUT2D eigenvalue weighted by Gasteiger charge is -2.01. The van der Waals surface area contributed by atoms with Crippen molar-refractivity contribution in [2.45, 2.75) is 6.92 Å². The Kier molecular flexibility index (Phi) is 2.77. The van der Waals surface area contributed by atoms with Crippen LogP contribution in [0.5, 0.6) is 0 Å². The Balaban J connectivity index is 2.40. The molecule has 2 rings (SSSR count). The molecule has 0 radical (unpaired) electrons. The summed E-state index contributed by atoms with van der Waals surface area (Å²) < 4.78 is 13.3. The number of carbonyl (C=O) groups is 1. The van der Waals surface area contributed by atoms with Gasteiger partial charge in [0, 0.05) is 11.8 Å². The molecule has 1 aromatic heterocycles. The highest BCUT2D eigenvalue weighted by Crippen LogP contribution is 2.11. The molecule has 1 heterocycles. The Morgan fingerprint density at radius 2 is 1.88 bits per heavy atom. The number of aryl methyl sites for hydroxylation is 1. The van der Waals surface area contributed by atoms with E-state index in [-0.39, 0.29) is 5.69 Å². The molecule has 0 aliphatic carbocycles. The molecule has 0 spiro atoms. The number of carbonyl (C=O) groups excluding carboxylic acids is 1. The van der Waals surface area contributed by atoms with Gasteiger partial charge in [0.05, 0.1) is 0 Å². The van der Waals surface area contributed by atoms with Crippen molar-refractivity contribution in [3.8, 4) is 0 Å². The number of rotatable bonds is 2. The summed E-state index contributed by atoms with van der Waals surface area (Å²) in [6, 6.07) is 9.66. The van der Waals surface area contributed by atoms with Gasteiger partial charge in [0.25, 0.3) is 0 Å². The normalized spacial score (nSPS) is 10.1. The molecule has 0 fully saturated rings. The number of benzene rings is 1. The van der Waals surface area contributed by atoms with E-state index in [1.165, 1.54) is 18.3 Å². The molecular formula is C13H10FNO. The molecule has 0 saturated carbocycles. The number of hydrogen-bond donors (Lipinski definition) is 0. The summed E-state index contributed by atoms with van der Waals surface area (Å²) in [7, 11) is 0. The zero-order chi connectivity index (χ0) is 11.5. The number of halogens is 1. The van der Waals surface area contributed by atoms with Crippen LogP contribution in [-0.2, 0) is 0 Å². The molecule has 0 amide bonds. The highest BCUT2D eigenvalue weighted by atomic mass is 19.1. The van der Waals surface area contributed by atoms with Gasteiger partial charge in [-0.1, -0.05) is 29.8 Å². The van der Waals surface area contributed by atoms with Crippen molar-refractivity contribution in [3.05, 3.63) is 65.2 Å². The second kappa shape index (κ2) is 4.23. The molecule has 0 bridgehead atoms. The van der Waals surface area contributed by atoms with Crippen LogP contribution in [0.15, 0.2) is 42.6 Å². The van der Waals surface area contributed by atoms with E-state index in [4.69, 9.17) is 0 Å². The van der Waals surface area contributed by atoms with Crippen molar-refractivity contribution in [2.24, 2.45) is 0 Å². The molecule has 0 aliphatic heterocycles. The predicted molar refractivity (Wildman–Crippen MR) is 58.8 cm³/mol. The van der Waals surface area contributed by atoms with E-state index in [2.05, 4.69) is 4.98 Å². The summed E-state index contributed by atoms with van der Waals surface area (Å²) in [5, 5.41) is 0. The lowest BCUT2D eigenvalue weighted by Crippen LogP contribution is -2.06. The average Bonchev–Trinajstić information content (AvgIpc) is 2.30. The molecule has 16 heavy (non-hydrogen) atoms. The smallest absolute Gasteiger partial charge is 0.214 e. The molecule has 1 aromatic carbocycles. The summed E-state index contributed by atoms with van der Waals surface area (Å²) >= 11 is 0. The Morgan fingerprint density at radius 1 is 1.19 bits per heavy atom. The van der Waals surface area contributed by atoms with Gasteiger partial charge in [-0.25, -0.2) is 9.37 Å². The fraction of sp³-hybridized carbons (Fsp3) is 0.0769. The summed E-state index contributed by atoms with van der Waals surface area (Å²) in [5.41, 5.74) is 1.37. The largest absolute Gasteiger partial charge is 0.287 e. The van der Waals surface area contributed by atoms with E-state index < -0.39 is 11.6 Å². The third-order valence-corrected chi connectivity index (χ3v) is 2.29. The Morgan fingerprint density at radius 3 is 2.50 bits per heavy atom. The minimum atomic E-state index is -0.590. The van der Waals surface area contributed by atoms with Gasteiger partial charge in [-0.05, 0) is 19.1 Å². The summed E-state index contributed by atoms with van der Waals surface area (Å²) in [6.07, 6.45) is 1.41. The van der Waals surface area contributed by atoms with Gasteiger partial charge in [-0.2, -0.15) is 0 Å². The topological polar surface area (TPSA) is 30.0 Å². The first-order valence-corrected chi connectivity index (χ1v) is 4.90. The van der Waals surface area contributed by atoms with Crippen molar-refractivity contribution in [3.63, 3.8) is 0 Å². The van der Waals surface area contributed by atoms with Crippen LogP contribution < -0.4 is 0 Å². The van der Waals surface area contributed by atoms with Crippen LogP contribution in [0.25, 0.3) is 0 Å². The minimum absolute atomic E-state index is 0.133. The number of nitrogens with zero attached hydrogens (tertiary/aromatic N) is 1. The van der Waals surface area contributed by atoms with E-state index in [0.717, 1.165) is 5.56 Å². The lowest BCUT2D eigenvalue weighted by molar-refractivity contribution is 0.103. The molecule has 0 N–H and O–H groups in total. The first-order chi connectivity index (χ1) is 7.68. The number of ketones is 1. The van der Waals surface area contributed by atoms with Gasteiger partial charge < -0.3 is 0 Å². The molecule has 2 nitrogen and oxygen atoms in total. The van der Waals surface area contributed by atoms with E-state index in [9.17, 15) is 9.18 Å². The SMILES string of the molecule is Cc1ccc(C(=O)c2ncccc2F)cc1. The lowest BCUT2D eigenvalue weighted by atomic mass is 10.1. The first kappa shape index (κ1) is 10.5. The quantitative estimate of drug-likeness (QED) is 0.721. The molecule has 3 heteroatoms. The molecule has 80 valence electrons. The molecule has 0 aliphatic rings. The van der Waals surface area contributed by atoms with Crippen molar-refractivity contribution in [1.82, 2.24) is 4.98 Å². The maximum Gasteiger partial charge on any atom is 0.214 e. The highest BCUT2D eigenvalue weighted by molar-refractivity contribution is 6.07. The van der Waals surface area contributed by atoms with Gasteiger partial charge in [-0.15, -0.1) is 0 Å². The van der Waals surface area contributed by atoms with Crippen molar-refractivity contribution < 1.29 is 9.18 Å². The number of aromatic nitrogens is 1. The molecule has 0 unspecified atom stereocenters. The second-order valence-corrected chi connectivity index (χ2v) is 3.53. The molecular weight excluding hydrogens is 205 g/mol. The first-order valence-electron chi connectivity index (χ1n) is 4.90. The second-order valence-electron chi connectivity index (χ2n) is 3.53. The standard InChI is InChI=1S/C13H10FNO/c1-9-4-6-10(7-5-9)13(16)12-11(14)3-2-8-15-12/h2-8H,1H3. The molecule has 0 saturated heterocycles. The van der Waals surface area contributed by atoms with Crippen LogP contribution in [0, 0.1) is 12.7 Å². The monoisotopic (exact) mass is 215 g/mol. The number of pyridine rings is 1. The summed E-state index contributed by atoms with van der Waals surface area (Å²) in [6.45, 7) is 1.93. The van der Waals surface area contributed by atoms with Crippen molar-refractivity contribution in [2.75, 3.05) is 0 Å². The van der Waals surface area contributed by atoms with Crippen LogP contribution in [0.4, 0.5) is 4.39 Å². The fourth-order valence-electron chi connectivity index (χ4n) is 1.39.